The maximum atomic E-state index is 10.5. The first kappa shape index (κ1) is 11.5. The van der Waals surface area contributed by atoms with E-state index in [0.717, 1.165) is 5.69 Å². The zero-order chi connectivity index (χ0) is 11.1. The minimum atomic E-state index is -1.02. The smallest absolute Gasteiger partial charge is 0.354 e. The van der Waals surface area contributed by atoms with Gasteiger partial charge in [0.15, 0.2) is 0 Å². The third-order valence-corrected chi connectivity index (χ3v) is 1.76. The van der Waals surface area contributed by atoms with E-state index in [-0.39, 0.29) is 5.69 Å². The molecular weight excluding hydrogens is 196 g/mol. The molecule has 0 saturated carbocycles. The van der Waals surface area contributed by atoms with E-state index in [2.05, 4.69) is 10.3 Å². The van der Waals surface area contributed by atoms with Crippen LogP contribution in [0.5, 0.6) is 0 Å². The number of aromatic carboxylic acids is 1. The van der Waals surface area contributed by atoms with Gasteiger partial charge in [0.25, 0.3) is 0 Å². The lowest BCUT2D eigenvalue weighted by Gasteiger charge is -2.05. The fourth-order valence-electron chi connectivity index (χ4n) is 1.04. The lowest BCUT2D eigenvalue weighted by molar-refractivity contribution is 0.0690. The molecule has 0 bridgehead atoms. The molecule has 0 unspecified atom stereocenters. The normalized spacial score (nSPS) is 9.93. The van der Waals surface area contributed by atoms with Gasteiger partial charge >= 0.3 is 5.97 Å². The van der Waals surface area contributed by atoms with Gasteiger partial charge in [-0.2, -0.15) is 0 Å². The fraction of sp³-hybridized carbons (Fsp3) is 0.400. The highest BCUT2D eigenvalue weighted by Gasteiger charge is 2.02. The summed E-state index contributed by atoms with van der Waals surface area (Å²) in [7, 11) is 0. The first-order chi connectivity index (χ1) is 7.24. The molecule has 82 valence electrons. The van der Waals surface area contributed by atoms with Crippen molar-refractivity contribution < 1.29 is 14.6 Å². The van der Waals surface area contributed by atoms with Crippen LogP contribution in [0, 0.1) is 0 Å². The van der Waals surface area contributed by atoms with E-state index in [4.69, 9.17) is 9.84 Å². The first-order valence-electron chi connectivity index (χ1n) is 4.75. The van der Waals surface area contributed by atoms with Gasteiger partial charge in [-0.05, 0) is 19.1 Å². The summed E-state index contributed by atoms with van der Waals surface area (Å²) in [6, 6.07) is 3.15. The molecule has 0 aliphatic carbocycles. The zero-order valence-electron chi connectivity index (χ0n) is 8.56. The molecule has 0 aliphatic rings. The number of nitrogens with one attached hydrogen (secondary N) is 1. The number of anilines is 1. The molecule has 0 amide bonds. The minimum absolute atomic E-state index is 0.0466. The Morgan fingerprint density at radius 2 is 2.40 bits per heavy atom. The van der Waals surface area contributed by atoms with Gasteiger partial charge in [0.2, 0.25) is 0 Å². The maximum Gasteiger partial charge on any atom is 0.354 e. The van der Waals surface area contributed by atoms with Crippen LogP contribution in [0.15, 0.2) is 18.3 Å². The molecule has 1 rings (SSSR count). The van der Waals surface area contributed by atoms with Gasteiger partial charge in [0.1, 0.15) is 5.69 Å². The standard InChI is InChI=1S/C10H14N2O3/c1-2-15-6-5-11-8-3-4-9(10(13)14)12-7-8/h3-4,7,11H,2,5-6H2,1H3,(H,13,14). The Morgan fingerprint density at radius 1 is 1.60 bits per heavy atom. The van der Waals surface area contributed by atoms with Crippen molar-refractivity contribution in [1.29, 1.82) is 0 Å². The van der Waals surface area contributed by atoms with Crippen molar-refractivity contribution in [2.45, 2.75) is 6.92 Å². The van der Waals surface area contributed by atoms with Crippen LogP contribution in [0.3, 0.4) is 0 Å². The molecule has 1 aromatic rings. The van der Waals surface area contributed by atoms with Crippen LogP contribution in [-0.4, -0.2) is 35.8 Å². The van der Waals surface area contributed by atoms with E-state index in [9.17, 15) is 4.79 Å². The predicted octanol–water partition coefficient (Wildman–Crippen LogP) is 1.23. The lowest BCUT2D eigenvalue weighted by atomic mass is 10.3. The number of nitrogens with zero attached hydrogens (tertiary/aromatic N) is 1. The molecule has 0 saturated heterocycles. The van der Waals surface area contributed by atoms with E-state index < -0.39 is 5.97 Å². The van der Waals surface area contributed by atoms with Crippen molar-refractivity contribution in [2.24, 2.45) is 0 Å². The Kier molecular flexibility index (Phi) is 4.56. The summed E-state index contributed by atoms with van der Waals surface area (Å²) in [5.41, 5.74) is 0.838. The number of carboxylic acids is 1. The Bertz CT molecular complexity index is 311. The number of hydrogen-bond donors (Lipinski definition) is 2. The molecular formula is C10H14N2O3. The van der Waals surface area contributed by atoms with Crippen molar-refractivity contribution in [2.75, 3.05) is 25.1 Å². The van der Waals surface area contributed by atoms with E-state index in [1.165, 1.54) is 12.3 Å². The second-order valence-corrected chi connectivity index (χ2v) is 2.86. The number of carboxylic acid groups (broad SMARTS) is 1. The molecule has 0 aliphatic heterocycles. The van der Waals surface area contributed by atoms with Crippen LogP contribution in [-0.2, 0) is 4.74 Å². The molecule has 1 heterocycles. The maximum absolute atomic E-state index is 10.5. The topological polar surface area (TPSA) is 71.5 Å². The molecule has 5 nitrogen and oxygen atoms in total. The van der Waals surface area contributed by atoms with E-state index in [0.29, 0.717) is 19.8 Å². The molecule has 2 N–H and O–H groups in total. The van der Waals surface area contributed by atoms with Gasteiger partial charge in [-0.15, -0.1) is 0 Å². The van der Waals surface area contributed by atoms with Gasteiger partial charge in [0.05, 0.1) is 18.5 Å². The predicted molar refractivity (Wildman–Crippen MR) is 56.2 cm³/mol. The quantitative estimate of drug-likeness (QED) is 0.691. The van der Waals surface area contributed by atoms with Crippen molar-refractivity contribution >= 4 is 11.7 Å². The second kappa shape index (κ2) is 5.98. The third-order valence-electron chi connectivity index (χ3n) is 1.76. The summed E-state index contributed by atoms with van der Waals surface area (Å²) in [6.45, 7) is 3.93. The van der Waals surface area contributed by atoms with Crippen LogP contribution in [0.2, 0.25) is 0 Å². The average molecular weight is 210 g/mol. The van der Waals surface area contributed by atoms with Gasteiger partial charge in [0, 0.05) is 13.2 Å². The summed E-state index contributed by atoms with van der Waals surface area (Å²) in [5, 5.41) is 11.7. The van der Waals surface area contributed by atoms with Gasteiger partial charge < -0.3 is 15.2 Å². The van der Waals surface area contributed by atoms with Crippen molar-refractivity contribution in [3.05, 3.63) is 24.0 Å². The summed E-state index contributed by atoms with van der Waals surface area (Å²) in [4.78, 5) is 14.3. The highest BCUT2D eigenvalue weighted by atomic mass is 16.5. The molecule has 0 radical (unpaired) electrons. The van der Waals surface area contributed by atoms with Crippen LogP contribution in [0.1, 0.15) is 17.4 Å². The first-order valence-corrected chi connectivity index (χ1v) is 4.75. The Balaban J connectivity index is 2.39. The number of rotatable bonds is 6. The number of ether oxygens (including phenoxy) is 1. The fourth-order valence-corrected chi connectivity index (χ4v) is 1.04. The zero-order valence-corrected chi connectivity index (χ0v) is 8.56. The molecule has 0 atom stereocenters. The summed E-state index contributed by atoms with van der Waals surface area (Å²) >= 11 is 0. The number of hydrogen-bond acceptors (Lipinski definition) is 4. The molecule has 15 heavy (non-hydrogen) atoms. The molecule has 0 fully saturated rings. The van der Waals surface area contributed by atoms with Crippen LogP contribution in [0.4, 0.5) is 5.69 Å². The molecule has 1 aromatic heterocycles. The Labute approximate surface area is 88.1 Å². The van der Waals surface area contributed by atoms with Crippen LogP contribution in [0.25, 0.3) is 0 Å². The van der Waals surface area contributed by atoms with Crippen molar-refractivity contribution in [1.82, 2.24) is 4.98 Å². The second-order valence-electron chi connectivity index (χ2n) is 2.86. The Morgan fingerprint density at radius 3 is 2.93 bits per heavy atom. The number of pyridine rings is 1. The van der Waals surface area contributed by atoms with E-state index in [1.54, 1.807) is 6.07 Å². The molecule has 0 spiro atoms. The summed E-state index contributed by atoms with van der Waals surface area (Å²) in [5.74, 6) is -1.02. The van der Waals surface area contributed by atoms with E-state index in [1.807, 2.05) is 6.92 Å². The highest BCUT2D eigenvalue weighted by Crippen LogP contribution is 2.05. The van der Waals surface area contributed by atoms with Crippen LogP contribution < -0.4 is 5.32 Å². The number of aromatic nitrogens is 1. The number of carbonyl (C=O) groups is 1. The van der Waals surface area contributed by atoms with E-state index >= 15 is 0 Å². The summed E-state index contributed by atoms with van der Waals surface area (Å²) < 4.78 is 5.14. The summed E-state index contributed by atoms with van der Waals surface area (Å²) in [6.07, 6.45) is 1.50. The average Bonchev–Trinajstić information content (AvgIpc) is 2.25. The third kappa shape index (κ3) is 3.95. The van der Waals surface area contributed by atoms with Crippen LogP contribution >= 0.6 is 0 Å². The highest BCUT2D eigenvalue weighted by molar-refractivity contribution is 5.85. The molecule has 0 aromatic carbocycles. The van der Waals surface area contributed by atoms with Crippen molar-refractivity contribution in [3.63, 3.8) is 0 Å². The Hall–Kier alpha value is -1.62. The van der Waals surface area contributed by atoms with Crippen molar-refractivity contribution in [3.8, 4) is 0 Å². The molecule has 5 heteroatoms. The van der Waals surface area contributed by atoms with Gasteiger partial charge in [-0.1, -0.05) is 0 Å². The largest absolute Gasteiger partial charge is 0.477 e. The SMILES string of the molecule is CCOCCNc1ccc(C(=O)O)nc1. The minimum Gasteiger partial charge on any atom is -0.477 e. The van der Waals surface area contributed by atoms with Gasteiger partial charge in [-0.3, -0.25) is 0 Å². The lowest BCUT2D eigenvalue weighted by Crippen LogP contribution is -2.09. The van der Waals surface area contributed by atoms with Gasteiger partial charge in [-0.25, -0.2) is 9.78 Å². The monoisotopic (exact) mass is 210 g/mol.